The standard InChI is InChI=1S/C22H17BrN4O4/c23-15-7-9-16(10-8-15)25-20(29)18-3-1-2-4-19(18)26-21(30)22(31)27-24-13-14-5-11-17(28)12-6-14/h1-13,28H,(H,25,29)(H,26,30)(H,27,31)/b24-13+. The number of phenols is 1. The van der Waals surface area contributed by atoms with Crippen molar-refractivity contribution in [3.05, 3.63) is 88.4 Å². The first kappa shape index (κ1) is 21.7. The molecule has 0 atom stereocenters. The lowest BCUT2D eigenvalue weighted by molar-refractivity contribution is -0.136. The second-order valence-electron chi connectivity index (χ2n) is 6.25. The number of para-hydroxylation sites is 1. The van der Waals surface area contributed by atoms with Crippen LogP contribution in [0.15, 0.2) is 82.4 Å². The van der Waals surface area contributed by atoms with Gasteiger partial charge in [-0.15, -0.1) is 0 Å². The molecule has 0 saturated heterocycles. The van der Waals surface area contributed by atoms with Gasteiger partial charge in [0.2, 0.25) is 0 Å². The molecule has 3 rings (SSSR count). The summed E-state index contributed by atoms with van der Waals surface area (Å²) in [4.78, 5) is 36.8. The summed E-state index contributed by atoms with van der Waals surface area (Å²) in [5.74, 6) is -2.32. The maximum Gasteiger partial charge on any atom is 0.329 e. The highest BCUT2D eigenvalue weighted by Gasteiger charge is 2.17. The monoisotopic (exact) mass is 480 g/mol. The van der Waals surface area contributed by atoms with Gasteiger partial charge >= 0.3 is 11.8 Å². The van der Waals surface area contributed by atoms with Crippen LogP contribution in [0.5, 0.6) is 5.75 Å². The fraction of sp³-hybridized carbons (Fsp3) is 0. The van der Waals surface area contributed by atoms with Gasteiger partial charge < -0.3 is 15.7 Å². The molecule has 3 aromatic rings. The van der Waals surface area contributed by atoms with E-state index >= 15 is 0 Å². The number of anilines is 2. The molecule has 0 radical (unpaired) electrons. The van der Waals surface area contributed by atoms with E-state index in [0.717, 1.165) is 4.47 Å². The van der Waals surface area contributed by atoms with Gasteiger partial charge in [-0.1, -0.05) is 28.1 Å². The minimum absolute atomic E-state index is 0.100. The fourth-order valence-electron chi connectivity index (χ4n) is 2.48. The second kappa shape index (κ2) is 10.2. The highest BCUT2D eigenvalue weighted by Crippen LogP contribution is 2.19. The molecule has 31 heavy (non-hydrogen) atoms. The number of carbonyl (C=O) groups excluding carboxylic acids is 3. The number of aromatic hydroxyl groups is 1. The van der Waals surface area contributed by atoms with Gasteiger partial charge in [0.15, 0.2) is 0 Å². The lowest BCUT2D eigenvalue weighted by Gasteiger charge is -2.11. The number of hydrogen-bond acceptors (Lipinski definition) is 5. The third-order valence-electron chi connectivity index (χ3n) is 4.00. The molecule has 9 heteroatoms. The number of rotatable bonds is 5. The SMILES string of the molecule is O=C(N/N=C/c1ccc(O)cc1)C(=O)Nc1ccccc1C(=O)Nc1ccc(Br)cc1. The molecule has 0 fully saturated rings. The predicted octanol–water partition coefficient (Wildman–Crippen LogP) is 3.50. The summed E-state index contributed by atoms with van der Waals surface area (Å²) in [6, 6.07) is 19.5. The molecule has 0 aliphatic carbocycles. The van der Waals surface area contributed by atoms with Crippen LogP contribution in [-0.2, 0) is 9.59 Å². The Hall–Kier alpha value is -3.98. The number of phenolic OH excluding ortho intramolecular Hbond substituents is 1. The van der Waals surface area contributed by atoms with Gasteiger partial charge in [0.25, 0.3) is 5.91 Å². The quantitative estimate of drug-likeness (QED) is 0.253. The third-order valence-corrected chi connectivity index (χ3v) is 4.53. The molecule has 0 bridgehead atoms. The van der Waals surface area contributed by atoms with E-state index in [1.807, 2.05) is 0 Å². The molecule has 0 aliphatic rings. The van der Waals surface area contributed by atoms with Crippen molar-refractivity contribution in [1.29, 1.82) is 0 Å². The summed E-state index contributed by atoms with van der Waals surface area (Å²) in [5, 5.41) is 18.1. The molecule has 8 nitrogen and oxygen atoms in total. The Balaban J connectivity index is 1.63. The van der Waals surface area contributed by atoms with Gasteiger partial charge in [0.1, 0.15) is 5.75 Å². The van der Waals surface area contributed by atoms with Gasteiger partial charge in [-0.3, -0.25) is 14.4 Å². The van der Waals surface area contributed by atoms with Crippen LogP contribution in [0.4, 0.5) is 11.4 Å². The molecule has 0 aliphatic heterocycles. The molecular weight excluding hydrogens is 464 g/mol. The lowest BCUT2D eigenvalue weighted by Crippen LogP contribution is -2.33. The average molecular weight is 481 g/mol. The van der Waals surface area contributed by atoms with Crippen molar-refractivity contribution in [3.63, 3.8) is 0 Å². The zero-order valence-corrected chi connectivity index (χ0v) is 17.6. The molecule has 0 unspecified atom stereocenters. The number of nitrogens with zero attached hydrogens (tertiary/aromatic N) is 1. The van der Waals surface area contributed by atoms with E-state index in [0.29, 0.717) is 11.3 Å². The summed E-state index contributed by atoms with van der Waals surface area (Å²) < 4.78 is 0.872. The molecule has 0 heterocycles. The first-order chi connectivity index (χ1) is 14.9. The average Bonchev–Trinajstić information content (AvgIpc) is 2.77. The number of nitrogens with one attached hydrogen (secondary N) is 3. The van der Waals surface area contributed by atoms with Gasteiger partial charge in [-0.05, 0) is 66.2 Å². The van der Waals surface area contributed by atoms with E-state index in [1.165, 1.54) is 30.5 Å². The number of hydrogen-bond donors (Lipinski definition) is 4. The van der Waals surface area contributed by atoms with Gasteiger partial charge in [-0.2, -0.15) is 5.10 Å². The summed E-state index contributed by atoms with van der Waals surface area (Å²) in [6.45, 7) is 0. The maximum atomic E-state index is 12.6. The molecule has 3 amide bonds. The number of halogens is 1. The van der Waals surface area contributed by atoms with Crippen LogP contribution in [0.25, 0.3) is 0 Å². The van der Waals surface area contributed by atoms with E-state index in [-0.39, 0.29) is 17.0 Å². The predicted molar refractivity (Wildman–Crippen MR) is 121 cm³/mol. The van der Waals surface area contributed by atoms with Crippen LogP contribution < -0.4 is 16.1 Å². The Morgan fingerprint density at radius 2 is 1.52 bits per heavy atom. The van der Waals surface area contributed by atoms with Gasteiger partial charge in [0.05, 0.1) is 17.5 Å². The van der Waals surface area contributed by atoms with Crippen molar-refractivity contribution in [2.24, 2.45) is 5.10 Å². The van der Waals surface area contributed by atoms with Crippen LogP contribution in [0.3, 0.4) is 0 Å². The van der Waals surface area contributed by atoms with E-state index < -0.39 is 17.7 Å². The number of carbonyl (C=O) groups is 3. The Morgan fingerprint density at radius 3 is 2.23 bits per heavy atom. The molecule has 3 aromatic carbocycles. The number of amides is 3. The lowest BCUT2D eigenvalue weighted by atomic mass is 10.1. The summed E-state index contributed by atoms with van der Waals surface area (Å²) in [7, 11) is 0. The fourth-order valence-corrected chi connectivity index (χ4v) is 2.74. The summed E-state index contributed by atoms with van der Waals surface area (Å²) in [6.07, 6.45) is 1.32. The zero-order chi connectivity index (χ0) is 22.2. The van der Waals surface area contributed by atoms with Gasteiger partial charge in [-0.25, -0.2) is 5.43 Å². The highest BCUT2D eigenvalue weighted by molar-refractivity contribution is 9.10. The smallest absolute Gasteiger partial charge is 0.329 e. The first-order valence-electron chi connectivity index (χ1n) is 9.02. The Kier molecular flexibility index (Phi) is 7.13. The Labute approximate surface area is 186 Å². The van der Waals surface area contributed by atoms with Crippen molar-refractivity contribution in [3.8, 4) is 5.75 Å². The van der Waals surface area contributed by atoms with Crippen LogP contribution in [0.2, 0.25) is 0 Å². The first-order valence-corrected chi connectivity index (χ1v) is 9.81. The molecule has 156 valence electrons. The largest absolute Gasteiger partial charge is 0.508 e. The van der Waals surface area contributed by atoms with Crippen LogP contribution in [-0.4, -0.2) is 29.0 Å². The molecule has 0 aromatic heterocycles. The maximum absolute atomic E-state index is 12.6. The van der Waals surface area contributed by atoms with Crippen molar-refractivity contribution in [2.45, 2.75) is 0 Å². The molecular formula is C22H17BrN4O4. The zero-order valence-electron chi connectivity index (χ0n) is 16.0. The van der Waals surface area contributed by atoms with Crippen molar-refractivity contribution in [1.82, 2.24) is 5.43 Å². The number of hydrazone groups is 1. The summed E-state index contributed by atoms with van der Waals surface area (Å²) >= 11 is 3.32. The van der Waals surface area contributed by atoms with Crippen molar-refractivity contribution < 1.29 is 19.5 Å². The second-order valence-corrected chi connectivity index (χ2v) is 7.17. The van der Waals surface area contributed by atoms with E-state index in [4.69, 9.17) is 0 Å². The minimum atomic E-state index is -1.00. The van der Waals surface area contributed by atoms with Crippen molar-refractivity contribution >= 4 is 51.2 Å². The minimum Gasteiger partial charge on any atom is -0.508 e. The van der Waals surface area contributed by atoms with Crippen LogP contribution in [0, 0.1) is 0 Å². The third kappa shape index (κ3) is 6.25. The van der Waals surface area contributed by atoms with E-state index in [1.54, 1.807) is 48.5 Å². The Bertz CT molecular complexity index is 1130. The normalized spacial score (nSPS) is 10.5. The molecule has 0 saturated carbocycles. The topological polar surface area (TPSA) is 120 Å². The van der Waals surface area contributed by atoms with E-state index in [2.05, 4.69) is 37.1 Å². The van der Waals surface area contributed by atoms with Crippen molar-refractivity contribution in [2.75, 3.05) is 10.6 Å². The van der Waals surface area contributed by atoms with Crippen LogP contribution in [0.1, 0.15) is 15.9 Å². The van der Waals surface area contributed by atoms with Gasteiger partial charge in [0, 0.05) is 10.2 Å². The number of benzene rings is 3. The Morgan fingerprint density at radius 1 is 0.839 bits per heavy atom. The molecule has 0 spiro atoms. The summed E-state index contributed by atoms with van der Waals surface area (Å²) in [5.41, 5.74) is 3.68. The van der Waals surface area contributed by atoms with Crippen LogP contribution >= 0.6 is 15.9 Å². The highest BCUT2D eigenvalue weighted by atomic mass is 79.9. The van der Waals surface area contributed by atoms with E-state index in [9.17, 15) is 19.5 Å². The molecule has 4 N–H and O–H groups in total.